The summed E-state index contributed by atoms with van der Waals surface area (Å²) in [6, 6.07) is 0. The molecule has 1 aliphatic heterocycles. The lowest BCUT2D eigenvalue weighted by molar-refractivity contribution is -0.144. The Kier molecular flexibility index (Phi) is 6.09. The van der Waals surface area contributed by atoms with E-state index in [2.05, 4.69) is 30.6 Å². The second-order valence-corrected chi connectivity index (χ2v) is 6.23. The van der Waals surface area contributed by atoms with Crippen LogP contribution in [-0.2, 0) is 9.53 Å². The van der Waals surface area contributed by atoms with E-state index in [9.17, 15) is 4.79 Å². The van der Waals surface area contributed by atoms with Crippen molar-refractivity contribution in [2.45, 2.75) is 34.1 Å². The van der Waals surface area contributed by atoms with E-state index < -0.39 is 0 Å². The molecule has 1 rings (SSSR count). The van der Waals surface area contributed by atoms with Crippen LogP contribution in [0.5, 0.6) is 0 Å². The van der Waals surface area contributed by atoms with Crippen LogP contribution in [0.2, 0.25) is 0 Å². The van der Waals surface area contributed by atoms with E-state index in [1.807, 2.05) is 6.92 Å². The molecule has 1 fully saturated rings. The lowest BCUT2D eigenvalue weighted by Crippen LogP contribution is -2.48. The molecule has 1 saturated heterocycles. The third kappa shape index (κ3) is 6.36. The van der Waals surface area contributed by atoms with Gasteiger partial charge >= 0.3 is 5.97 Å². The molecule has 0 aromatic carbocycles. The molecule has 0 N–H and O–H groups in total. The first-order chi connectivity index (χ1) is 8.40. The van der Waals surface area contributed by atoms with Gasteiger partial charge in [-0.2, -0.15) is 0 Å². The predicted octanol–water partition coefficient (Wildman–Crippen LogP) is 1.60. The quantitative estimate of drug-likeness (QED) is 0.700. The average molecular weight is 256 g/mol. The molecule has 1 aliphatic rings. The zero-order valence-electron chi connectivity index (χ0n) is 12.4. The number of hydrogen-bond donors (Lipinski definition) is 0. The number of piperazine rings is 1. The molecule has 0 aliphatic carbocycles. The summed E-state index contributed by atoms with van der Waals surface area (Å²) in [4.78, 5) is 16.1. The molecule has 0 amide bonds. The molecule has 18 heavy (non-hydrogen) atoms. The molecule has 1 heterocycles. The van der Waals surface area contributed by atoms with E-state index in [4.69, 9.17) is 4.74 Å². The minimum absolute atomic E-state index is 0.0966. The molecule has 4 heteroatoms. The summed E-state index contributed by atoms with van der Waals surface area (Å²) in [7, 11) is 0. The van der Waals surface area contributed by atoms with Crippen LogP contribution in [0.4, 0.5) is 0 Å². The van der Waals surface area contributed by atoms with Gasteiger partial charge in [-0.05, 0) is 25.3 Å². The van der Waals surface area contributed by atoms with Crippen molar-refractivity contribution in [3.8, 4) is 0 Å². The van der Waals surface area contributed by atoms with Gasteiger partial charge in [0, 0.05) is 26.2 Å². The summed E-state index contributed by atoms with van der Waals surface area (Å²) in [5, 5.41) is 0. The molecule has 0 bridgehead atoms. The average Bonchev–Trinajstić information content (AvgIpc) is 2.27. The second kappa shape index (κ2) is 7.10. The maximum Gasteiger partial charge on any atom is 0.320 e. The third-order valence-electron chi connectivity index (χ3n) is 3.30. The summed E-state index contributed by atoms with van der Waals surface area (Å²) < 4.78 is 4.97. The van der Waals surface area contributed by atoms with Gasteiger partial charge in [-0.3, -0.25) is 9.69 Å². The highest BCUT2D eigenvalue weighted by Gasteiger charge is 2.20. The number of nitrogens with zero attached hydrogens (tertiary/aromatic N) is 2. The normalized spacial score (nSPS) is 18.9. The Labute approximate surface area is 111 Å². The summed E-state index contributed by atoms with van der Waals surface area (Å²) in [5.41, 5.74) is 0.405. The molecule has 0 spiro atoms. The Hall–Kier alpha value is -0.610. The van der Waals surface area contributed by atoms with Gasteiger partial charge in [0.15, 0.2) is 0 Å². The monoisotopic (exact) mass is 256 g/mol. The van der Waals surface area contributed by atoms with E-state index in [0.717, 1.165) is 32.7 Å². The topological polar surface area (TPSA) is 32.8 Å². The van der Waals surface area contributed by atoms with Gasteiger partial charge in [-0.25, -0.2) is 0 Å². The fourth-order valence-electron chi connectivity index (χ4n) is 2.05. The second-order valence-electron chi connectivity index (χ2n) is 6.23. The first-order valence-corrected chi connectivity index (χ1v) is 7.01. The van der Waals surface area contributed by atoms with Crippen LogP contribution >= 0.6 is 0 Å². The van der Waals surface area contributed by atoms with Gasteiger partial charge in [0.25, 0.3) is 0 Å². The highest BCUT2D eigenvalue weighted by Crippen LogP contribution is 2.19. The van der Waals surface area contributed by atoms with Gasteiger partial charge in [-0.15, -0.1) is 0 Å². The Morgan fingerprint density at radius 1 is 1.11 bits per heavy atom. The number of ether oxygens (including phenoxy) is 1. The van der Waals surface area contributed by atoms with Crippen LogP contribution in [0.25, 0.3) is 0 Å². The zero-order valence-corrected chi connectivity index (χ0v) is 12.4. The number of carbonyl (C=O) groups is 1. The molecule has 0 atom stereocenters. The highest BCUT2D eigenvalue weighted by molar-refractivity contribution is 5.71. The van der Waals surface area contributed by atoms with Crippen molar-refractivity contribution in [3.63, 3.8) is 0 Å². The molecule has 106 valence electrons. The highest BCUT2D eigenvalue weighted by atomic mass is 16.5. The first kappa shape index (κ1) is 15.4. The maximum absolute atomic E-state index is 11.4. The minimum atomic E-state index is -0.0966. The first-order valence-electron chi connectivity index (χ1n) is 7.01. The fourth-order valence-corrected chi connectivity index (χ4v) is 2.05. The van der Waals surface area contributed by atoms with Crippen molar-refractivity contribution in [3.05, 3.63) is 0 Å². The third-order valence-corrected chi connectivity index (χ3v) is 3.30. The Morgan fingerprint density at radius 3 is 2.17 bits per heavy atom. The van der Waals surface area contributed by atoms with Crippen LogP contribution in [0.1, 0.15) is 34.1 Å². The summed E-state index contributed by atoms with van der Waals surface area (Å²) >= 11 is 0. The van der Waals surface area contributed by atoms with Crippen LogP contribution in [0, 0.1) is 5.41 Å². The van der Waals surface area contributed by atoms with Gasteiger partial charge in [0.2, 0.25) is 0 Å². The van der Waals surface area contributed by atoms with Gasteiger partial charge < -0.3 is 9.64 Å². The van der Waals surface area contributed by atoms with Crippen molar-refractivity contribution >= 4 is 5.97 Å². The molecular weight excluding hydrogens is 228 g/mol. The minimum Gasteiger partial charge on any atom is -0.465 e. The lowest BCUT2D eigenvalue weighted by Gasteiger charge is -2.35. The summed E-state index contributed by atoms with van der Waals surface area (Å²) in [6.45, 7) is 14.9. The molecule has 0 aromatic rings. The maximum atomic E-state index is 11.4. The number of rotatable bonds is 5. The molecule has 0 unspecified atom stereocenters. The van der Waals surface area contributed by atoms with Crippen molar-refractivity contribution in [1.82, 2.24) is 9.80 Å². The zero-order chi connectivity index (χ0) is 13.6. The van der Waals surface area contributed by atoms with E-state index >= 15 is 0 Å². The van der Waals surface area contributed by atoms with E-state index in [-0.39, 0.29) is 5.97 Å². The summed E-state index contributed by atoms with van der Waals surface area (Å²) in [5.74, 6) is -0.0966. The van der Waals surface area contributed by atoms with Crippen molar-refractivity contribution in [1.29, 1.82) is 0 Å². The van der Waals surface area contributed by atoms with Crippen molar-refractivity contribution in [2.75, 3.05) is 45.9 Å². The number of esters is 1. The molecule has 0 radical (unpaired) electrons. The lowest BCUT2D eigenvalue weighted by atomic mass is 9.92. The van der Waals surface area contributed by atoms with Gasteiger partial charge in [0.1, 0.15) is 0 Å². The Morgan fingerprint density at radius 2 is 1.67 bits per heavy atom. The molecule has 0 aromatic heterocycles. The largest absolute Gasteiger partial charge is 0.465 e. The van der Waals surface area contributed by atoms with Crippen molar-refractivity contribution in [2.24, 2.45) is 5.41 Å². The molecular formula is C14H28N2O2. The van der Waals surface area contributed by atoms with E-state index in [0.29, 0.717) is 18.6 Å². The molecule has 0 saturated carbocycles. The van der Waals surface area contributed by atoms with Crippen LogP contribution < -0.4 is 0 Å². The van der Waals surface area contributed by atoms with Crippen LogP contribution in [-0.4, -0.2) is 61.6 Å². The Bertz CT molecular complexity index is 253. The number of hydrogen-bond acceptors (Lipinski definition) is 4. The van der Waals surface area contributed by atoms with Gasteiger partial charge in [-0.1, -0.05) is 20.8 Å². The molecule has 4 nitrogen and oxygen atoms in total. The Balaban J connectivity index is 2.18. The smallest absolute Gasteiger partial charge is 0.320 e. The number of carbonyl (C=O) groups excluding carboxylic acids is 1. The van der Waals surface area contributed by atoms with Crippen molar-refractivity contribution < 1.29 is 9.53 Å². The standard InChI is InChI=1S/C14H28N2O2/c1-5-18-13(17)12-16-10-8-15(9-11-16)7-6-14(2,3)4/h5-12H2,1-4H3. The van der Waals surface area contributed by atoms with Gasteiger partial charge in [0.05, 0.1) is 13.2 Å². The van der Waals surface area contributed by atoms with E-state index in [1.165, 1.54) is 6.42 Å². The van der Waals surface area contributed by atoms with Crippen LogP contribution in [0.3, 0.4) is 0 Å². The fraction of sp³-hybridized carbons (Fsp3) is 0.929. The van der Waals surface area contributed by atoms with Crippen LogP contribution in [0.15, 0.2) is 0 Å². The predicted molar refractivity (Wildman–Crippen MR) is 73.6 cm³/mol. The SMILES string of the molecule is CCOC(=O)CN1CCN(CCC(C)(C)C)CC1. The van der Waals surface area contributed by atoms with E-state index in [1.54, 1.807) is 0 Å². The summed E-state index contributed by atoms with van der Waals surface area (Å²) in [6.07, 6.45) is 1.23.